The maximum absolute atomic E-state index is 12.0. The van der Waals surface area contributed by atoms with Gasteiger partial charge in [0, 0.05) is 6.07 Å². The van der Waals surface area contributed by atoms with Gasteiger partial charge >= 0.3 is 0 Å². The Morgan fingerprint density at radius 1 is 1.29 bits per heavy atom. The van der Waals surface area contributed by atoms with E-state index in [1.54, 1.807) is 19.9 Å². The van der Waals surface area contributed by atoms with Gasteiger partial charge in [-0.1, -0.05) is 18.2 Å². The number of carbonyl (C=O) groups excluding carboxylic acids is 1. The molecule has 21 heavy (non-hydrogen) atoms. The first-order valence-corrected chi connectivity index (χ1v) is 6.13. The topological polar surface area (TPSA) is 96.4 Å². The summed E-state index contributed by atoms with van der Waals surface area (Å²) in [6.07, 6.45) is 2.72. The molecule has 0 bridgehead atoms. The van der Waals surface area contributed by atoms with Crippen LogP contribution in [0.5, 0.6) is 5.75 Å². The van der Waals surface area contributed by atoms with Crippen LogP contribution < -0.4 is 5.11 Å². The number of allylic oxidation sites excluding steroid dienone is 1. The maximum atomic E-state index is 12.0. The fourth-order valence-electron chi connectivity index (χ4n) is 1.92. The Morgan fingerprint density at radius 3 is 2.57 bits per heavy atom. The van der Waals surface area contributed by atoms with Crippen molar-refractivity contribution in [2.75, 3.05) is 0 Å². The van der Waals surface area contributed by atoms with E-state index in [0.29, 0.717) is 22.6 Å². The number of ketones is 1. The smallest absolute Gasteiger partial charge is 0.262 e. The summed E-state index contributed by atoms with van der Waals surface area (Å²) in [4.78, 5) is 21.9. The molecule has 0 N–H and O–H groups in total. The molecule has 0 aliphatic carbocycles. The average molecular weight is 286 g/mol. The van der Waals surface area contributed by atoms with Gasteiger partial charge in [-0.15, -0.1) is 0 Å². The fourth-order valence-corrected chi connectivity index (χ4v) is 1.92. The highest BCUT2D eigenvalue weighted by molar-refractivity contribution is 6.07. The maximum Gasteiger partial charge on any atom is 0.262 e. The molecule has 0 radical (unpaired) electrons. The van der Waals surface area contributed by atoms with Gasteiger partial charge in [-0.25, -0.2) is 0 Å². The van der Waals surface area contributed by atoms with Gasteiger partial charge in [-0.3, -0.25) is 14.9 Å². The van der Waals surface area contributed by atoms with Crippen LogP contribution in [0.25, 0.3) is 6.08 Å². The predicted molar refractivity (Wildman–Crippen MR) is 74.1 cm³/mol. The summed E-state index contributed by atoms with van der Waals surface area (Å²) in [5, 5.41) is 22.0. The van der Waals surface area contributed by atoms with Gasteiger partial charge in [0.05, 0.1) is 10.5 Å². The van der Waals surface area contributed by atoms with E-state index in [4.69, 9.17) is 4.42 Å². The van der Waals surface area contributed by atoms with Crippen LogP contribution in [0.15, 0.2) is 34.8 Å². The van der Waals surface area contributed by atoms with Gasteiger partial charge in [-0.05, 0) is 37.3 Å². The van der Waals surface area contributed by atoms with E-state index in [2.05, 4.69) is 0 Å². The minimum Gasteiger partial charge on any atom is -0.868 e. The van der Waals surface area contributed by atoms with Gasteiger partial charge in [0.2, 0.25) is 0 Å². The molecule has 0 unspecified atom stereocenters. The van der Waals surface area contributed by atoms with E-state index < -0.39 is 16.4 Å². The number of benzene rings is 1. The predicted octanol–water partition coefficient (Wildman–Crippen LogP) is 2.77. The van der Waals surface area contributed by atoms with Crippen molar-refractivity contribution in [1.82, 2.24) is 0 Å². The second-order valence-electron chi connectivity index (χ2n) is 4.51. The fraction of sp³-hybridized carbons (Fsp3) is 0.133. The molecule has 0 atom stereocenters. The van der Waals surface area contributed by atoms with Crippen LogP contribution in [0.3, 0.4) is 0 Å². The van der Waals surface area contributed by atoms with Gasteiger partial charge < -0.3 is 9.52 Å². The summed E-state index contributed by atoms with van der Waals surface area (Å²) in [5.41, 5.74) is 0.339. The first kappa shape index (κ1) is 14.5. The molecular weight excluding hydrogens is 274 g/mol. The van der Waals surface area contributed by atoms with E-state index in [-0.39, 0.29) is 5.78 Å². The minimum atomic E-state index is -0.745. The highest BCUT2D eigenvalue weighted by Gasteiger charge is 2.11. The Bertz CT molecular complexity index is 743. The third-order valence-electron chi connectivity index (χ3n) is 2.91. The van der Waals surface area contributed by atoms with Crippen molar-refractivity contribution < 1.29 is 19.2 Å². The number of hydrogen-bond donors (Lipinski definition) is 0. The summed E-state index contributed by atoms with van der Waals surface area (Å²) in [5.74, 6) is 0.224. The third-order valence-corrected chi connectivity index (χ3v) is 2.91. The number of hydrogen-bond acceptors (Lipinski definition) is 5. The Labute approximate surface area is 120 Å². The van der Waals surface area contributed by atoms with Crippen LogP contribution >= 0.6 is 0 Å². The lowest BCUT2D eigenvalue weighted by Crippen LogP contribution is -1.98. The molecule has 2 rings (SSSR count). The molecule has 0 aliphatic heterocycles. The molecule has 0 fully saturated rings. The quantitative estimate of drug-likeness (QED) is 0.372. The molecule has 108 valence electrons. The molecule has 6 heteroatoms. The third kappa shape index (κ3) is 3.17. The first-order chi connectivity index (χ1) is 9.88. The van der Waals surface area contributed by atoms with Gasteiger partial charge in [0.15, 0.2) is 5.78 Å². The largest absolute Gasteiger partial charge is 0.868 e. The molecule has 0 amide bonds. The van der Waals surface area contributed by atoms with Gasteiger partial charge in [-0.2, -0.15) is 0 Å². The second-order valence-corrected chi connectivity index (χ2v) is 4.51. The number of rotatable bonds is 4. The normalized spacial score (nSPS) is 11.0. The lowest BCUT2D eigenvalue weighted by Gasteiger charge is -2.06. The molecule has 1 heterocycles. The van der Waals surface area contributed by atoms with Crippen LogP contribution in [-0.2, 0) is 0 Å². The SMILES string of the molecule is Cc1cc(C(=O)/C=C/c2ccc([O-])c([N+](=O)[O-])c2)c(C)o1. The number of furan rings is 1. The number of nitro groups is 1. The van der Waals surface area contributed by atoms with Crippen LogP contribution in [0.4, 0.5) is 5.69 Å². The lowest BCUT2D eigenvalue weighted by atomic mass is 10.1. The number of nitro benzene ring substituents is 1. The first-order valence-electron chi connectivity index (χ1n) is 6.13. The van der Waals surface area contributed by atoms with E-state index in [1.807, 2.05) is 0 Å². The molecular formula is C15H12NO5-. The summed E-state index contributed by atoms with van der Waals surface area (Å²) in [6, 6.07) is 5.30. The monoisotopic (exact) mass is 286 g/mol. The Hall–Kier alpha value is -2.89. The van der Waals surface area contributed by atoms with E-state index >= 15 is 0 Å². The molecule has 6 nitrogen and oxygen atoms in total. The van der Waals surface area contributed by atoms with E-state index in [9.17, 15) is 20.0 Å². The van der Waals surface area contributed by atoms with Crippen molar-refractivity contribution in [1.29, 1.82) is 0 Å². The lowest BCUT2D eigenvalue weighted by molar-refractivity contribution is -0.398. The summed E-state index contributed by atoms with van der Waals surface area (Å²) in [6.45, 7) is 3.43. The summed E-state index contributed by atoms with van der Waals surface area (Å²) >= 11 is 0. The zero-order chi connectivity index (χ0) is 15.6. The molecule has 0 saturated carbocycles. The Balaban J connectivity index is 2.25. The minimum absolute atomic E-state index is 0.266. The zero-order valence-corrected chi connectivity index (χ0v) is 11.5. The van der Waals surface area contributed by atoms with Gasteiger partial charge in [0.25, 0.3) is 5.69 Å². The van der Waals surface area contributed by atoms with Crippen LogP contribution in [0.2, 0.25) is 0 Å². The van der Waals surface area contributed by atoms with Crippen molar-refractivity contribution in [3.63, 3.8) is 0 Å². The highest BCUT2D eigenvalue weighted by Crippen LogP contribution is 2.24. The number of carbonyl (C=O) groups is 1. The second kappa shape index (κ2) is 5.62. The highest BCUT2D eigenvalue weighted by atomic mass is 16.6. The summed E-state index contributed by atoms with van der Waals surface area (Å²) < 4.78 is 5.27. The van der Waals surface area contributed by atoms with E-state index in [1.165, 1.54) is 18.2 Å². The van der Waals surface area contributed by atoms with Crippen molar-refractivity contribution >= 4 is 17.5 Å². The summed E-state index contributed by atoms with van der Waals surface area (Å²) in [7, 11) is 0. The van der Waals surface area contributed by atoms with Crippen LogP contribution in [-0.4, -0.2) is 10.7 Å². The van der Waals surface area contributed by atoms with Crippen LogP contribution in [0, 0.1) is 24.0 Å². The Morgan fingerprint density at radius 2 is 2.00 bits per heavy atom. The zero-order valence-electron chi connectivity index (χ0n) is 11.5. The van der Waals surface area contributed by atoms with Crippen molar-refractivity contribution in [3.05, 3.63) is 63.1 Å². The van der Waals surface area contributed by atoms with E-state index in [0.717, 1.165) is 12.1 Å². The van der Waals surface area contributed by atoms with Crippen molar-refractivity contribution in [2.45, 2.75) is 13.8 Å². The van der Waals surface area contributed by atoms with Crippen molar-refractivity contribution in [3.8, 4) is 5.75 Å². The molecule has 1 aromatic carbocycles. The molecule has 1 aromatic heterocycles. The van der Waals surface area contributed by atoms with Crippen molar-refractivity contribution in [2.24, 2.45) is 0 Å². The molecule has 0 saturated heterocycles. The average Bonchev–Trinajstić information content (AvgIpc) is 2.76. The number of nitrogens with zero attached hydrogens (tertiary/aromatic N) is 1. The van der Waals surface area contributed by atoms with Crippen LogP contribution in [0.1, 0.15) is 27.4 Å². The molecule has 0 aliphatic rings. The molecule has 2 aromatic rings. The van der Waals surface area contributed by atoms with Gasteiger partial charge in [0.1, 0.15) is 11.5 Å². The molecule has 0 spiro atoms. The number of aryl methyl sites for hydroxylation is 2. The standard InChI is InChI=1S/C15H13NO5/c1-9-7-12(10(2)21-9)14(17)5-3-11-4-6-15(18)13(8-11)16(19)20/h3-8,18H,1-2H3/p-1/b5-3+. The Kier molecular flexibility index (Phi) is 3.89.